The molecule has 15 heteroatoms. The molecule has 0 aliphatic carbocycles. The number of carbonyl (C=O) groups is 4. The molecule has 3 aromatic carbocycles. The summed E-state index contributed by atoms with van der Waals surface area (Å²) in [6.45, 7) is 1.13. The van der Waals surface area contributed by atoms with Gasteiger partial charge >= 0.3 is 18.2 Å². The molecule has 220 valence electrons. The highest BCUT2D eigenvalue weighted by molar-refractivity contribution is 6.14. The quantitative estimate of drug-likeness (QED) is 0.260. The average molecular weight is 595 g/mol. The first-order valence-electron chi connectivity index (χ1n) is 12.1. The second kappa shape index (κ2) is 11.5. The van der Waals surface area contributed by atoms with Crippen molar-refractivity contribution < 1.29 is 46.7 Å². The highest BCUT2D eigenvalue weighted by Crippen LogP contribution is 2.43. The van der Waals surface area contributed by atoms with E-state index in [0.717, 1.165) is 43.2 Å². The van der Waals surface area contributed by atoms with Crippen molar-refractivity contribution in [2.75, 3.05) is 29.7 Å². The summed E-state index contributed by atoms with van der Waals surface area (Å²) < 4.78 is 52.6. The predicted octanol–water partition coefficient (Wildman–Crippen LogP) is 5.50. The van der Waals surface area contributed by atoms with E-state index in [1.807, 2.05) is 0 Å². The fourth-order valence-corrected chi connectivity index (χ4v) is 4.20. The Hall–Kier alpha value is -5.91. The number of carboxylic acid groups (broad SMARTS) is 1. The number of benzene rings is 3. The zero-order valence-electron chi connectivity index (χ0n) is 22.5. The van der Waals surface area contributed by atoms with Crippen LogP contribution >= 0.6 is 0 Å². The molecule has 0 bridgehead atoms. The third kappa shape index (κ3) is 6.07. The number of ether oxygens (including phenoxy) is 1. The first kappa shape index (κ1) is 30.1. The fraction of sp³-hybridized carbons (Fsp3) is 0.143. The van der Waals surface area contributed by atoms with Gasteiger partial charge in [-0.15, -0.1) is 0 Å². The number of rotatable bonds is 6. The van der Waals surface area contributed by atoms with E-state index in [1.165, 1.54) is 31.3 Å². The molecule has 0 saturated carbocycles. The van der Waals surface area contributed by atoms with Crippen LogP contribution in [0, 0.1) is 11.3 Å². The molecule has 0 atom stereocenters. The summed E-state index contributed by atoms with van der Waals surface area (Å²) in [5, 5.41) is 27.1. The molecule has 0 fully saturated rings. The summed E-state index contributed by atoms with van der Waals surface area (Å²) in [7, 11) is 2.31. The number of amides is 3. The number of hydrogen-bond acceptors (Lipinski definition) is 8. The lowest BCUT2D eigenvalue weighted by Gasteiger charge is -2.21. The molecule has 3 N–H and O–H groups in total. The molecular formula is C28H20F3N5O7. The first-order valence-corrected chi connectivity index (χ1v) is 12.1. The van der Waals surface area contributed by atoms with Gasteiger partial charge in [-0.2, -0.15) is 18.4 Å². The SMILES string of the molecule is COC(=O)N(C)c1ccc(-c2cc3onc(C(=O)Nc4ccc(C#N)cc4C(=O)O)c3cc2NC(C)=O)c(C(F)(F)F)c1. The van der Waals surface area contributed by atoms with Crippen molar-refractivity contribution in [3.8, 4) is 17.2 Å². The average Bonchev–Trinajstić information content (AvgIpc) is 3.37. The van der Waals surface area contributed by atoms with Gasteiger partial charge in [0, 0.05) is 30.9 Å². The number of fused-ring (bicyclic) bond motifs is 1. The van der Waals surface area contributed by atoms with Gasteiger partial charge in [0.25, 0.3) is 5.91 Å². The molecule has 0 aliphatic rings. The van der Waals surface area contributed by atoms with Crippen molar-refractivity contribution in [1.29, 1.82) is 5.26 Å². The largest absolute Gasteiger partial charge is 0.478 e. The van der Waals surface area contributed by atoms with E-state index < -0.39 is 35.6 Å². The summed E-state index contributed by atoms with van der Waals surface area (Å²) in [4.78, 5) is 49.5. The Labute approximate surface area is 240 Å². The van der Waals surface area contributed by atoms with Gasteiger partial charge in [-0.25, -0.2) is 9.59 Å². The normalized spacial score (nSPS) is 11.0. The highest BCUT2D eigenvalue weighted by Gasteiger charge is 2.35. The molecule has 0 radical (unpaired) electrons. The van der Waals surface area contributed by atoms with Crippen LogP contribution in [-0.2, 0) is 15.7 Å². The lowest BCUT2D eigenvalue weighted by atomic mass is 9.95. The molecule has 0 aliphatic heterocycles. The number of nitrogens with zero attached hydrogens (tertiary/aromatic N) is 3. The summed E-state index contributed by atoms with van der Waals surface area (Å²) in [5.74, 6) is -2.99. The summed E-state index contributed by atoms with van der Waals surface area (Å²) in [5.41, 5.74) is -2.88. The van der Waals surface area contributed by atoms with E-state index in [9.17, 15) is 37.5 Å². The van der Waals surface area contributed by atoms with Crippen LogP contribution in [0.4, 0.5) is 35.0 Å². The molecule has 0 saturated heterocycles. The van der Waals surface area contributed by atoms with Crippen LogP contribution in [-0.4, -0.2) is 48.3 Å². The van der Waals surface area contributed by atoms with Crippen LogP contribution in [0.2, 0.25) is 0 Å². The number of alkyl halides is 3. The Morgan fingerprint density at radius 3 is 2.35 bits per heavy atom. The van der Waals surface area contributed by atoms with Crippen LogP contribution in [0.3, 0.4) is 0 Å². The predicted molar refractivity (Wildman–Crippen MR) is 146 cm³/mol. The maximum atomic E-state index is 14.3. The van der Waals surface area contributed by atoms with E-state index in [4.69, 9.17) is 9.78 Å². The minimum atomic E-state index is -4.90. The molecular weight excluding hydrogens is 575 g/mol. The number of methoxy groups -OCH3 is 1. The Morgan fingerprint density at radius 1 is 1.02 bits per heavy atom. The van der Waals surface area contributed by atoms with Gasteiger partial charge in [0.1, 0.15) is 0 Å². The van der Waals surface area contributed by atoms with Gasteiger partial charge in [0.15, 0.2) is 11.3 Å². The van der Waals surface area contributed by atoms with Crippen molar-refractivity contribution in [1.82, 2.24) is 5.16 Å². The maximum absolute atomic E-state index is 14.3. The van der Waals surface area contributed by atoms with E-state index in [1.54, 1.807) is 6.07 Å². The van der Waals surface area contributed by atoms with Crippen molar-refractivity contribution in [3.63, 3.8) is 0 Å². The molecule has 43 heavy (non-hydrogen) atoms. The molecule has 4 rings (SSSR count). The molecule has 0 unspecified atom stereocenters. The zero-order valence-corrected chi connectivity index (χ0v) is 22.5. The van der Waals surface area contributed by atoms with E-state index in [0.29, 0.717) is 0 Å². The third-order valence-corrected chi connectivity index (χ3v) is 6.20. The maximum Gasteiger partial charge on any atom is 0.417 e. The van der Waals surface area contributed by atoms with Gasteiger partial charge in [-0.05, 0) is 48.0 Å². The number of aromatic carboxylic acids is 1. The number of carbonyl (C=O) groups excluding carboxylic acids is 3. The number of hydrogen-bond donors (Lipinski definition) is 3. The smallest absolute Gasteiger partial charge is 0.417 e. The second-order valence-corrected chi connectivity index (χ2v) is 8.99. The molecule has 3 amide bonds. The minimum Gasteiger partial charge on any atom is -0.478 e. The fourth-order valence-electron chi connectivity index (χ4n) is 4.20. The van der Waals surface area contributed by atoms with E-state index in [2.05, 4.69) is 20.5 Å². The van der Waals surface area contributed by atoms with Gasteiger partial charge < -0.3 is 25.0 Å². The number of anilines is 3. The van der Waals surface area contributed by atoms with Gasteiger partial charge in [0.2, 0.25) is 5.91 Å². The van der Waals surface area contributed by atoms with Crippen LogP contribution in [0.25, 0.3) is 22.1 Å². The lowest BCUT2D eigenvalue weighted by molar-refractivity contribution is -0.137. The highest BCUT2D eigenvalue weighted by atomic mass is 19.4. The van der Waals surface area contributed by atoms with Crippen molar-refractivity contribution in [2.24, 2.45) is 0 Å². The van der Waals surface area contributed by atoms with Crippen molar-refractivity contribution in [3.05, 3.63) is 70.9 Å². The topological polar surface area (TPSA) is 175 Å². The summed E-state index contributed by atoms with van der Waals surface area (Å²) in [6, 6.07) is 10.8. The Bertz CT molecular complexity index is 1840. The number of nitrogens with one attached hydrogen (secondary N) is 2. The number of nitriles is 1. The van der Waals surface area contributed by atoms with Crippen molar-refractivity contribution >= 4 is 51.9 Å². The van der Waals surface area contributed by atoms with Crippen LogP contribution < -0.4 is 15.5 Å². The van der Waals surface area contributed by atoms with Crippen LogP contribution in [0.5, 0.6) is 0 Å². The lowest BCUT2D eigenvalue weighted by Crippen LogP contribution is -2.26. The molecule has 0 spiro atoms. The van der Waals surface area contributed by atoms with Gasteiger partial charge in [-0.3, -0.25) is 14.5 Å². The molecule has 12 nitrogen and oxygen atoms in total. The summed E-state index contributed by atoms with van der Waals surface area (Å²) in [6.07, 6.45) is -5.80. The standard InChI is InChI=1S/C28H20F3N5O7/c1-13(37)33-22-10-19-23(43-35-24(19)25(38)34-21-7-4-14(12-32)8-18(21)26(39)40)11-17(22)16-6-5-15(36(2)27(41)42-3)9-20(16)28(29,30)31/h4-11H,1-3H3,(H,33,37)(H,34,38)(H,39,40). The monoisotopic (exact) mass is 595 g/mol. The number of halogens is 3. The Kier molecular flexibility index (Phi) is 8.06. The molecule has 4 aromatic rings. The van der Waals surface area contributed by atoms with Gasteiger partial charge in [0.05, 0.1) is 40.9 Å². The Balaban J connectivity index is 1.84. The van der Waals surface area contributed by atoms with Crippen LogP contribution in [0.15, 0.2) is 53.1 Å². The van der Waals surface area contributed by atoms with E-state index >= 15 is 0 Å². The van der Waals surface area contributed by atoms with Crippen LogP contribution in [0.1, 0.15) is 38.9 Å². The minimum absolute atomic E-state index is 0.00822. The van der Waals surface area contributed by atoms with Gasteiger partial charge in [-0.1, -0.05) is 11.2 Å². The first-order chi connectivity index (χ1) is 20.2. The number of carboxylic acids is 1. The number of aromatic nitrogens is 1. The Morgan fingerprint density at radius 2 is 1.74 bits per heavy atom. The van der Waals surface area contributed by atoms with E-state index in [-0.39, 0.29) is 56.0 Å². The summed E-state index contributed by atoms with van der Waals surface area (Å²) >= 11 is 0. The molecule has 1 aromatic heterocycles. The zero-order chi connectivity index (χ0) is 31.6. The van der Waals surface area contributed by atoms with Crippen molar-refractivity contribution in [2.45, 2.75) is 13.1 Å². The second-order valence-electron chi connectivity index (χ2n) is 8.99. The third-order valence-electron chi connectivity index (χ3n) is 6.20. The molecule has 1 heterocycles.